The quantitative estimate of drug-likeness (QED) is 0.694. The van der Waals surface area contributed by atoms with E-state index in [9.17, 15) is 0 Å². The van der Waals surface area contributed by atoms with Crippen LogP contribution >= 0.6 is 50.7 Å². The Balaban J connectivity index is 2.54. The fraction of sp³-hybridized carbons (Fsp3) is 0. The van der Waals surface area contributed by atoms with E-state index in [1.807, 2.05) is 0 Å². The van der Waals surface area contributed by atoms with Gasteiger partial charge in [-0.05, 0) is 34.1 Å². The van der Waals surface area contributed by atoms with Crippen molar-refractivity contribution >= 4 is 50.7 Å². The summed E-state index contributed by atoms with van der Waals surface area (Å²) in [6.45, 7) is 0. The van der Waals surface area contributed by atoms with Crippen molar-refractivity contribution in [1.29, 1.82) is 0 Å². The van der Waals surface area contributed by atoms with Gasteiger partial charge in [0.2, 0.25) is 0 Å². The Morgan fingerprint density at radius 1 is 1.00 bits per heavy atom. The van der Waals surface area contributed by atoms with Crippen LogP contribution in [0.3, 0.4) is 0 Å². The lowest BCUT2D eigenvalue weighted by atomic mass is 10.2. The molecule has 1 aromatic heterocycles. The molecule has 16 heavy (non-hydrogen) atoms. The Kier molecular flexibility index (Phi) is 3.70. The first-order valence-corrected chi connectivity index (χ1v) is 6.13. The van der Waals surface area contributed by atoms with E-state index >= 15 is 0 Å². The molecule has 6 heteroatoms. The fourth-order valence-electron chi connectivity index (χ4n) is 1.17. The lowest BCUT2D eigenvalue weighted by molar-refractivity contribution is 1.16. The summed E-state index contributed by atoms with van der Waals surface area (Å²) in [7, 11) is 0. The minimum Gasteiger partial charge on any atom is -0.235 e. The molecule has 0 N–H and O–H groups in total. The van der Waals surface area contributed by atoms with Crippen LogP contribution in [0.25, 0.3) is 11.4 Å². The van der Waals surface area contributed by atoms with E-state index in [4.69, 9.17) is 34.8 Å². The van der Waals surface area contributed by atoms with Crippen molar-refractivity contribution in [3.8, 4) is 11.4 Å². The predicted octanol–water partition coefficient (Wildman–Crippen LogP) is 4.87. The SMILES string of the molecule is Clc1cc(Cl)cc(-c2ncc(Br)c(Cl)n2)c1. The molecule has 0 atom stereocenters. The van der Waals surface area contributed by atoms with Crippen LogP contribution in [0.4, 0.5) is 0 Å². The van der Waals surface area contributed by atoms with Gasteiger partial charge in [-0.15, -0.1) is 0 Å². The standard InChI is InChI=1S/C10H4BrCl3N2/c11-8-4-15-10(16-9(8)14)5-1-6(12)3-7(13)2-5/h1-4H. The van der Waals surface area contributed by atoms with Crippen LogP contribution in [0.5, 0.6) is 0 Å². The van der Waals surface area contributed by atoms with E-state index in [2.05, 4.69) is 25.9 Å². The zero-order valence-electron chi connectivity index (χ0n) is 7.72. The smallest absolute Gasteiger partial charge is 0.161 e. The van der Waals surface area contributed by atoms with Gasteiger partial charge in [-0.2, -0.15) is 0 Å². The van der Waals surface area contributed by atoms with Crippen molar-refractivity contribution in [3.05, 3.63) is 44.1 Å². The molecule has 0 aliphatic heterocycles. The molecule has 0 aliphatic rings. The molecule has 0 unspecified atom stereocenters. The first-order valence-electron chi connectivity index (χ1n) is 4.21. The van der Waals surface area contributed by atoms with Gasteiger partial charge in [0.15, 0.2) is 5.82 Å². The summed E-state index contributed by atoms with van der Waals surface area (Å²) in [5, 5.41) is 1.41. The number of rotatable bonds is 1. The second-order valence-corrected chi connectivity index (χ2v) is 5.08. The summed E-state index contributed by atoms with van der Waals surface area (Å²) in [5.74, 6) is 0.484. The van der Waals surface area contributed by atoms with Crippen LogP contribution in [0.15, 0.2) is 28.9 Å². The number of aromatic nitrogens is 2. The Morgan fingerprint density at radius 3 is 2.19 bits per heavy atom. The molecule has 82 valence electrons. The Bertz CT molecular complexity index is 525. The molecule has 1 heterocycles. The Morgan fingerprint density at radius 2 is 1.62 bits per heavy atom. The lowest BCUT2D eigenvalue weighted by Crippen LogP contribution is -1.89. The van der Waals surface area contributed by atoms with Crippen LogP contribution in [-0.2, 0) is 0 Å². The third-order valence-corrected chi connectivity index (χ3v) is 3.36. The van der Waals surface area contributed by atoms with Crippen molar-refractivity contribution in [2.45, 2.75) is 0 Å². The molecule has 0 spiro atoms. The monoisotopic (exact) mass is 336 g/mol. The largest absolute Gasteiger partial charge is 0.235 e. The van der Waals surface area contributed by atoms with E-state index in [1.165, 1.54) is 0 Å². The minimum atomic E-state index is 0.348. The zero-order chi connectivity index (χ0) is 11.7. The molecule has 0 fully saturated rings. The predicted molar refractivity (Wildman–Crippen MR) is 70.2 cm³/mol. The molecule has 2 aromatic rings. The van der Waals surface area contributed by atoms with Crippen LogP contribution in [0, 0.1) is 0 Å². The molecule has 2 rings (SSSR count). The molecular formula is C10H4BrCl3N2. The van der Waals surface area contributed by atoms with E-state index in [-0.39, 0.29) is 0 Å². The molecule has 0 aliphatic carbocycles. The zero-order valence-corrected chi connectivity index (χ0v) is 11.6. The minimum absolute atomic E-state index is 0.348. The van der Waals surface area contributed by atoms with Gasteiger partial charge in [-0.25, -0.2) is 9.97 Å². The Hall–Kier alpha value is -0.350. The average Bonchev–Trinajstić information content (AvgIpc) is 2.20. The fourth-order valence-corrected chi connectivity index (χ4v) is 2.01. The van der Waals surface area contributed by atoms with Gasteiger partial charge in [0.25, 0.3) is 0 Å². The molecule has 2 nitrogen and oxygen atoms in total. The normalized spacial score (nSPS) is 10.5. The van der Waals surface area contributed by atoms with Gasteiger partial charge >= 0.3 is 0 Å². The van der Waals surface area contributed by atoms with E-state index in [0.717, 1.165) is 5.56 Å². The summed E-state index contributed by atoms with van der Waals surface area (Å²) in [6.07, 6.45) is 1.58. The van der Waals surface area contributed by atoms with Crippen molar-refractivity contribution in [2.75, 3.05) is 0 Å². The van der Waals surface area contributed by atoms with Crippen LogP contribution in [-0.4, -0.2) is 9.97 Å². The van der Waals surface area contributed by atoms with Gasteiger partial charge < -0.3 is 0 Å². The topological polar surface area (TPSA) is 25.8 Å². The van der Waals surface area contributed by atoms with E-state index in [0.29, 0.717) is 25.5 Å². The first kappa shape index (κ1) is 12.1. The number of halogens is 4. The molecule has 0 bridgehead atoms. The molecule has 0 amide bonds. The van der Waals surface area contributed by atoms with Crippen LogP contribution in [0.2, 0.25) is 15.2 Å². The van der Waals surface area contributed by atoms with Gasteiger partial charge in [0.05, 0.1) is 4.47 Å². The first-order chi connectivity index (χ1) is 7.56. The van der Waals surface area contributed by atoms with Gasteiger partial charge in [-0.3, -0.25) is 0 Å². The second-order valence-electron chi connectivity index (χ2n) is 2.99. The van der Waals surface area contributed by atoms with Crippen molar-refractivity contribution in [3.63, 3.8) is 0 Å². The highest BCUT2D eigenvalue weighted by atomic mass is 79.9. The molecule has 0 saturated heterocycles. The summed E-state index contributed by atoms with van der Waals surface area (Å²) in [6, 6.07) is 5.10. The summed E-state index contributed by atoms with van der Waals surface area (Å²) >= 11 is 20.9. The van der Waals surface area contributed by atoms with E-state index in [1.54, 1.807) is 24.4 Å². The molecule has 0 radical (unpaired) electrons. The van der Waals surface area contributed by atoms with E-state index < -0.39 is 0 Å². The number of hydrogen-bond donors (Lipinski definition) is 0. The number of hydrogen-bond acceptors (Lipinski definition) is 2. The summed E-state index contributed by atoms with van der Waals surface area (Å²) in [4.78, 5) is 8.25. The highest BCUT2D eigenvalue weighted by molar-refractivity contribution is 9.10. The van der Waals surface area contributed by atoms with Gasteiger partial charge in [0.1, 0.15) is 5.15 Å². The third kappa shape index (κ3) is 2.66. The van der Waals surface area contributed by atoms with Crippen LogP contribution < -0.4 is 0 Å². The average molecular weight is 338 g/mol. The summed E-state index contributed by atoms with van der Waals surface area (Å²) in [5.41, 5.74) is 0.729. The second kappa shape index (κ2) is 4.88. The molecule has 1 aromatic carbocycles. The van der Waals surface area contributed by atoms with Crippen molar-refractivity contribution in [1.82, 2.24) is 9.97 Å². The van der Waals surface area contributed by atoms with Crippen LogP contribution in [0.1, 0.15) is 0 Å². The third-order valence-electron chi connectivity index (χ3n) is 1.82. The lowest BCUT2D eigenvalue weighted by Gasteiger charge is -2.03. The van der Waals surface area contributed by atoms with Gasteiger partial charge in [-0.1, -0.05) is 34.8 Å². The van der Waals surface area contributed by atoms with Crippen molar-refractivity contribution in [2.24, 2.45) is 0 Å². The highest BCUT2D eigenvalue weighted by Gasteiger charge is 2.07. The number of benzene rings is 1. The maximum absolute atomic E-state index is 5.89. The Labute approximate surface area is 116 Å². The maximum Gasteiger partial charge on any atom is 0.161 e. The van der Waals surface area contributed by atoms with Crippen molar-refractivity contribution < 1.29 is 0 Å². The maximum atomic E-state index is 5.89. The molecular weight excluding hydrogens is 334 g/mol. The number of nitrogens with zero attached hydrogens (tertiary/aromatic N) is 2. The van der Waals surface area contributed by atoms with Gasteiger partial charge in [0, 0.05) is 21.8 Å². The molecule has 0 saturated carbocycles. The summed E-state index contributed by atoms with van der Waals surface area (Å²) < 4.78 is 0.644. The highest BCUT2D eigenvalue weighted by Crippen LogP contribution is 2.27.